The van der Waals surface area contributed by atoms with Crippen LogP contribution in [0, 0.1) is 5.82 Å². The van der Waals surface area contributed by atoms with Crippen molar-refractivity contribution < 1.29 is 9.13 Å². The van der Waals surface area contributed by atoms with Crippen LogP contribution in [0.3, 0.4) is 0 Å². The van der Waals surface area contributed by atoms with Crippen LogP contribution in [0.15, 0.2) is 12.1 Å². The van der Waals surface area contributed by atoms with Crippen LogP contribution in [-0.2, 0) is 0 Å². The summed E-state index contributed by atoms with van der Waals surface area (Å²) >= 11 is 0. The first-order chi connectivity index (χ1) is 6.54. The number of benzene rings is 1. The zero-order valence-electron chi connectivity index (χ0n) is 8.47. The van der Waals surface area contributed by atoms with Gasteiger partial charge in [0, 0.05) is 26.2 Å². The molecule has 0 unspecified atom stereocenters. The number of hydrogen-bond donors (Lipinski definition) is 2. The number of rotatable bonds is 3. The summed E-state index contributed by atoms with van der Waals surface area (Å²) in [5, 5.41) is 1.71. The van der Waals surface area contributed by atoms with E-state index in [9.17, 15) is 4.39 Å². The molecule has 1 aromatic carbocycles. The molecule has 0 atom stereocenters. The molecule has 0 amide bonds. The lowest BCUT2D eigenvalue weighted by Gasteiger charge is -2.16. The van der Waals surface area contributed by atoms with Gasteiger partial charge >= 0.3 is 0 Å². The van der Waals surface area contributed by atoms with Crippen molar-refractivity contribution in [3.8, 4) is 5.75 Å². The molecule has 4 nitrogen and oxygen atoms in total. The maximum Gasteiger partial charge on any atom is 0.167 e. The summed E-state index contributed by atoms with van der Waals surface area (Å²) in [7, 11) is 5.04. The first-order valence-corrected chi connectivity index (χ1v) is 4.11. The molecule has 0 heterocycles. The van der Waals surface area contributed by atoms with E-state index in [1.54, 1.807) is 5.01 Å². The largest absolute Gasteiger partial charge is 0.494 e. The monoisotopic (exact) mass is 199 g/mol. The number of nitrogens with two attached hydrogens (primary N) is 1. The summed E-state index contributed by atoms with van der Waals surface area (Å²) in [6.45, 7) is 0. The summed E-state index contributed by atoms with van der Waals surface area (Å²) in [6, 6.07) is 2.75. The molecular formula is C9H14FN3O. The molecule has 5 heteroatoms. The molecule has 0 saturated carbocycles. The van der Waals surface area contributed by atoms with E-state index in [0.717, 1.165) is 0 Å². The van der Waals surface area contributed by atoms with Gasteiger partial charge in [-0.1, -0.05) is 0 Å². The van der Waals surface area contributed by atoms with E-state index in [-0.39, 0.29) is 5.75 Å². The second kappa shape index (κ2) is 4.15. The maximum atomic E-state index is 13.1. The standard InChI is InChI=1S/C9H14FN3O/c1-13(2)12-8-5-9(14-3)6(10)4-7(8)11/h4-5,12H,11H2,1-3H3. The number of hydrogen-bond acceptors (Lipinski definition) is 4. The molecule has 78 valence electrons. The SMILES string of the molecule is COc1cc(NN(C)C)c(N)cc1F. The van der Waals surface area contributed by atoms with Crippen LogP contribution in [0.4, 0.5) is 15.8 Å². The number of nitrogen functional groups attached to an aromatic ring is 1. The van der Waals surface area contributed by atoms with Gasteiger partial charge in [0.1, 0.15) is 0 Å². The summed E-state index contributed by atoms with van der Waals surface area (Å²) < 4.78 is 18.0. The number of methoxy groups -OCH3 is 1. The number of ether oxygens (including phenoxy) is 1. The molecule has 0 aliphatic carbocycles. The Morgan fingerprint density at radius 3 is 2.57 bits per heavy atom. The average molecular weight is 199 g/mol. The van der Waals surface area contributed by atoms with E-state index < -0.39 is 5.82 Å². The highest BCUT2D eigenvalue weighted by Crippen LogP contribution is 2.27. The predicted octanol–water partition coefficient (Wildman–Crippen LogP) is 1.30. The fourth-order valence-corrected chi connectivity index (χ4v) is 1.06. The second-order valence-corrected chi connectivity index (χ2v) is 3.08. The van der Waals surface area contributed by atoms with Crippen molar-refractivity contribution in [1.82, 2.24) is 5.01 Å². The zero-order valence-corrected chi connectivity index (χ0v) is 8.47. The zero-order chi connectivity index (χ0) is 10.7. The van der Waals surface area contributed by atoms with E-state index in [0.29, 0.717) is 11.4 Å². The Bertz CT molecular complexity index is 328. The van der Waals surface area contributed by atoms with Crippen LogP contribution in [0.1, 0.15) is 0 Å². The smallest absolute Gasteiger partial charge is 0.167 e. The molecule has 0 radical (unpaired) electrons. The lowest BCUT2D eigenvalue weighted by Crippen LogP contribution is -2.20. The van der Waals surface area contributed by atoms with Crippen molar-refractivity contribution in [2.75, 3.05) is 32.4 Å². The first-order valence-electron chi connectivity index (χ1n) is 4.11. The molecule has 1 rings (SSSR count). The predicted molar refractivity (Wildman–Crippen MR) is 54.7 cm³/mol. The van der Waals surface area contributed by atoms with Crippen LogP contribution in [0.5, 0.6) is 5.75 Å². The van der Waals surface area contributed by atoms with Crippen molar-refractivity contribution in [3.05, 3.63) is 17.9 Å². The lowest BCUT2D eigenvalue weighted by molar-refractivity contribution is 0.386. The van der Waals surface area contributed by atoms with E-state index >= 15 is 0 Å². The second-order valence-electron chi connectivity index (χ2n) is 3.08. The Morgan fingerprint density at radius 1 is 1.43 bits per heavy atom. The molecule has 0 aliphatic rings. The Morgan fingerprint density at radius 2 is 2.07 bits per heavy atom. The van der Waals surface area contributed by atoms with Crippen molar-refractivity contribution in [2.24, 2.45) is 0 Å². The van der Waals surface area contributed by atoms with Crippen molar-refractivity contribution in [3.63, 3.8) is 0 Å². The summed E-state index contributed by atoms with van der Waals surface area (Å²) in [5.41, 5.74) is 9.51. The van der Waals surface area contributed by atoms with E-state index in [2.05, 4.69) is 5.43 Å². The van der Waals surface area contributed by atoms with Gasteiger partial charge in [-0.2, -0.15) is 0 Å². The highest BCUT2D eigenvalue weighted by atomic mass is 19.1. The summed E-state index contributed by atoms with van der Waals surface area (Å²) in [5.74, 6) is -0.294. The number of halogens is 1. The number of hydrazine groups is 1. The molecule has 0 saturated heterocycles. The number of nitrogens with one attached hydrogen (secondary N) is 1. The van der Waals surface area contributed by atoms with Crippen LogP contribution in [0.25, 0.3) is 0 Å². The molecule has 0 spiro atoms. The Hall–Kier alpha value is -1.49. The average Bonchev–Trinajstić information content (AvgIpc) is 2.09. The van der Waals surface area contributed by atoms with Gasteiger partial charge in [0.15, 0.2) is 11.6 Å². The Balaban J connectivity index is 3.04. The molecule has 0 bridgehead atoms. The van der Waals surface area contributed by atoms with Gasteiger partial charge in [-0.05, 0) is 0 Å². The van der Waals surface area contributed by atoms with Gasteiger partial charge in [-0.3, -0.25) is 0 Å². The summed E-state index contributed by atoms with van der Waals surface area (Å²) in [6.07, 6.45) is 0. The van der Waals surface area contributed by atoms with E-state index in [1.807, 2.05) is 14.1 Å². The fourth-order valence-electron chi connectivity index (χ4n) is 1.06. The molecule has 1 aromatic rings. The maximum absolute atomic E-state index is 13.1. The summed E-state index contributed by atoms with van der Waals surface area (Å²) in [4.78, 5) is 0. The van der Waals surface area contributed by atoms with Gasteiger partial charge in [0.05, 0.1) is 18.5 Å². The third-order valence-corrected chi connectivity index (χ3v) is 1.67. The van der Waals surface area contributed by atoms with Crippen LogP contribution in [0.2, 0.25) is 0 Å². The molecule has 3 N–H and O–H groups in total. The normalized spacial score (nSPS) is 10.4. The van der Waals surface area contributed by atoms with Gasteiger partial charge in [-0.15, -0.1) is 0 Å². The van der Waals surface area contributed by atoms with Crippen LogP contribution in [-0.4, -0.2) is 26.2 Å². The number of anilines is 2. The lowest BCUT2D eigenvalue weighted by atomic mass is 10.2. The third-order valence-electron chi connectivity index (χ3n) is 1.67. The van der Waals surface area contributed by atoms with Gasteiger partial charge < -0.3 is 15.9 Å². The highest BCUT2D eigenvalue weighted by molar-refractivity contribution is 5.68. The van der Waals surface area contributed by atoms with Crippen molar-refractivity contribution in [1.29, 1.82) is 0 Å². The van der Waals surface area contributed by atoms with Crippen molar-refractivity contribution >= 4 is 11.4 Å². The highest BCUT2D eigenvalue weighted by Gasteiger charge is 2.08. The minimum absolute atomic E-state index is 0.170. The third kappa shape index (κ3) is 2.26. The molecule has 0 aromatic heterocycles. The Kier molecular flexibility index (Phi) is 3.14. The van der Waals surface area contributed by atoms with Gasteiger partial charge in [0.25, 0.3) is 0 Å². The molecule has 0 aliphatic heterocycles. The van der Waals surface area contributed by atoms with Gasteiger partial charge in [0.2, 0.25) is 0 Å². The van der Waals surface area contributed by atoms with Gasteiger partial charge in [-0.25, -0.2) is 9.40 Å². The minimum Gasteiger partial charge on any atom is -0.494 e. The van der Waals surface area contributed by atoms with Crippen LogP contribution >= 0.6 is 0 Å². The fraction of sp³-hybridized carbons (Fsp3) is 0.333. The molecular weight excluding hydrogens is 185 g/mol. The topological polar surface area (TPSA) is 50.5 Å². The molecule has 14 heavy (non-hydrogen) atoms. The van der Waals surface area contributed by atoms with Crippen LogP contribution < -0.4 is 15.9 Å². The van der Waals surface area contributed by atoms with E-state index in [4.69, 9.17) is 10.5 Å². The van der Waals surface area contributed by atoms with E-state index in [1.165, 1.54) is 19.2 Å². The minimum atomic E-state index is -0.464. The Labute approximate surface area is 82.4 Å². The van der Waals surface area contributed by atoms with Crippen molar-refractivity contribution in [2.45, 2.75) is 0 Å². The molecule has 0 fully saturated rings. The first kappa shape index (κ1) is 10.6. The quantitative estimate of drug-likeness (QED) is 0.569. The number of nitrogens with zero attached hydrogens (tertiary/aromatic N) is 1.